The van der Waals surface area contributed by atoms with Gasteiger partial charge in [-0.25, -0.2) is 0 Å². The van der Waals surface area contributed by atoms with Gasteiger partial charge in [0.05, 0.1) is 0 Å². The fraction of sp³-hybridized carbons (Fsp3) is 0.100. The van der Waals surface area contributed by atoms with Crippen LogP contribution in [0.15, 0.2) is 17.1 Å². The summed E-state index contributed by atoms with van der Waals surface area (Å²) in [4.78, 5) is 23.4. The molecule has 0 aliphatic heterocycles. The fourth-order valence-electron chi connectivity index (χ4n) is 0.861. The number of nitrogens with one attached hydrogen (secondary N) is 1. The minimum absolute atomic E-state index is 0.0443. The van der Waals surface area contributed by atoms with Crippen LogP contribution < -0.4 is 5.56 Å². The predicted octanol–water partition coefficient (Wildman–Crippen LogP) is 0.0728. The van der Waals surface area contributed by atoms with Gasteiger partial charge in [-0.2, -0.15) is 5.26 Å². The molecule has 0 aliphatic rings. The largest absolute Gasteiger partial charge is 0.481 e. The van der Waals surface area contributed by atoms with Crippen molar-refractivity contribution in [3.05, 3.63) is 33.7 Å². The minimum Gasteiger partial charge on any atom is -0.481 e. The quantitative estimate of drug-likeness (QED) is 0.630. The van der Waals surface area contributed by atoms with Crippen molar-refractivity contribution in [3.8, 4) is 17.9 Å². The number of H-pyrrole nitrogens is 1. The zero-order valence-corrected chi connectivity index (χ0v) is 7.57. The number of pyridine rings is 1. The zero-order valence-electron chi connectivity index (χ0n) is 7.57. The van der Waals surface area contributed by atoms with Crippen molar-refractivity contribution in [3.63, 3.8) is 0 Å². The average molecular weight is 202 g/mol. The Morgan fingerprint density at radius 2 is 2.33 bits per heavy atom. The number of aliphatic carboxylic acids is 1. The summed E-state index contributed by atoms with van der Waals surface area (Å²) in [5, 5.41) is 16.9. The number of hydrogen-bond donors (Lipinski definition) is 2. The van der Waals surface area contributed by atoms with Crippen LogP contribution in [0.4, 0.5) is 0 Å². The molecule has 1 aromatic rings. The Morgan fingerprint density at radius 1 is 1.60 bits per heavy atom. The van der Waals surface area contributed by atoms with E-state index < -0.39 is 11.5 Å². The van der Waals surface area contributed by atoms with Gasteiger partial charge in [-0.05, 0) is 6.07 Å². The SMILES string of the molecule is N#Cc1cc(C#CCC(=O)O)c[nH]c1=O. The maximum Gasteiger partial charge on any atom is 0.315 e. The standard InChI is InChI=1S/C10H6N2O3/c11-5-8-4-7(6-12-10(8)15)2-1-3-9(13)14/h4,6H,3H2,(H,12,15)(H,13,14). The summed E-state index contributed by atoms with van der Waals surface area (Å²) in [6.45, 7) is 0. The summed E-state index contributed by atoms with van der Waals surface area (Å²) in [5.74, 6) is 3.90. The van der Waals surface area contributed by atoms with E-state index in [0.29, 0.717) is 5.56 Å². The Morgan fingerprint density at radius 3 is 2.93 bits per heavy atom. The lowest BCUT2D eigenvalue weighted by atomic mass is 10.2. The van der Waals surface area contributed by atoms with Gasteiger partial charge in [-0.3, -0.25) is 9.59 Å². The molecular formula is C10H6N2O3. The summed E-state index contributed by atoms with van der Waals surface area (Å²) >= 11 is 0. The van der Waals surface area contributed by atoms with Crippen LogP contribution in [-0.4, -0.2) is 16.1 Å². The van der Waals surface area contributed by atoms with Crippen LogP contribution in [-0.2, 0) is 4.79 Å². The Labute approximate surface area is 85.0 Å². The summed E-state index contributed by atoms with van der Waals surface area (Å²) in [6.07, 6.45) is 1.05. The van der Waals surface area contributed by atoms with Crippen LogP contribution in [0, 0.1) is 23.2 Å². The third-order valence-corrected chi connectivity index (χ3v) is 1.50. The first-order valence-corrected chi connectivity index (χ1v) is 3.97. The third kappa shape index (κ3) is 3.02. The summed E-state index contributed by atoms with van der Waals surface area (Å²) in [6, 6.07) is 3.02. The fourth-order valence-corrected chi connectivity index (χ4v) is 0.861. The van der Waals surface area contributed by atoms with Crippen molar-refractivity contribution in [1.82, 2.24) is 4.98 Å². The number of aromatic amines is 1. The van der Waals surface area contributed by atoms with Gasteiger partial charge in [-0.1, -0.05) is 11.8 Å². The lowest BCUT2D eigenvalue weighted by Crippen LogP contribution is -2.09. The first-order chi connectivity index (χ1) is 7.13. The molecule has 2 N–H and O–H groups in total. The van der Waals surface area contributed by atoms with Crippen LogP contribution >= 0.6 is 0 Å². The number of aromatic nitrogens is 1. The zero-order chi connectivity index (χ0) is 11.3. The van der Waals surface area contributed by atoms with Crippen LogP contribution in [0.2, 0.25) is 0 Å². The number of hydrogen-bond acceptors (Lipinski definition) is 3. The highest BCUT2D eigenvalue weighted by Gasteiger charge is 1.97. The number of nitriles is 1. The second kappa shape index (κ2) is 4.64. The van der Waals surface area contributed by atoms with Crippen molar-refractivity contribution in [2.75, 3.05) is 0 Å². The molecule has 1 aromatic heterocycles. The molecule has 0 amide bonds. The summed E-state index contributed by atoms with van der Waals surface area (Å²) in [5.41, 5.74) is -0.120. The monoisotopic (exact) mass is 202 g/mol. The summed E-state index contributed by atoms with van der Waals surface area (Å²) < 4.78 is 0. The van der Waals surface area contributed by atoms with E-state index in [2.05, 4.69) is 16.8 Å². The Bertz CT molecular complexity index is 540. The van der Waals surface area contributed by atoms with E-state index in [9.17, 15) is 9.59 Å². The van der Waals surface area contributed by atoms with Crippen LogP contribution in [0.5, 0.6) is 0 Å². The van der Waals surface area contributed by atoms with Crippen LogP contribution in [0.1, 0.15) is 17.5 Å². The first-order valence-electron chi connectivity index (χ1n) is 3.97. The lowest BCUT2D eigenvalue weighted by molar-refractivity contribution is -0.135. The topological polar surface area (TPSA) is 93.9 Å². The molecule has 15 heavy (non-hydrogen) atoms. The second-order valence-corrected chi connectivity index (χ2v) is 2.62. The molecule has 0 saturated heterocycles. The molecule has 1 rings (SSSR count). The molecule has 1 heterocycles. The molecule has 0 bridgehead atoms. The van der Waals surface area contributed by atoms with Gasteiger partial charge in [0.2, 0.25) is 0 Å². The van der Waals surface area contributed by atoms with E-state index in [1.54, 1.807) is 6.07 Å². The first kappa shape index (κ1) is 10.6. The molecule has 0 unspecified atom stereocenters. The van der Waals surface area contributed by atoms with Gasteiger partial charge < -0.3 is 10.1 Å². The Hall–Kier alpha value is -2.53. The van der Waals surface area contributed by atoms with Gasteiger partial charge in [0.15, 0.2) is 0 Å². The smallest absolute Gasteiger partial charge is 0.315 e. The second-order valence-electron chi connectivity index (χ2n) is 2.62. The van der Waals surface area contributed by atoms with Gasteiger partial charge in [0.1, 0.15) is 18.1 Å². The highest BCUT2D eigenvalue weighted by atomic mass is 16.4. The van der Waals surface area contributed by atoms with Crippen molar-refractivity contribution >= 4 is 5.97 Å². The molecule has 0 aromatic carbocycles. The molecule has 0 radical (unpaired) electrons. The van der Waals surface area contributed by atoms with Gasteiger partial charge >= 0.3 is 5.97 Å². The molecule has 74 valence electrons. The third-order valence-electron chi connectivity index (χ3n) is 1.50. The molecule has 5 heteroatoms. The average Bonchev–Trinajstić information content (AvgIpc) is 2.20. The normalized spacial score (nSPS) is 8.47. The van der Waals surface area contributed by atoms with Crippen LogP contribution in [0.25, 0.3) is 0 Å². The van der Waals surface area contributed by atoms with Crippen molar-refractivity contribution in [2.45, 2.75) is 6.42 Å². The van der Waals surface area contributed by atoms with E-state index >= 15 is 0 Å². The van der Waals surface area contributed by atoms with Gasteiger partial charge in [-0.15, -0.1) is 0 Å². The van der Waals surface area contributed by atoms with Gasteiger partial charge in [0, 0.05) is 11.8 Å². The van der Waals surface area contributed by atoms with Crippen molar-refractivity contribution in [2.24, 2.45) is 0 Å². The van der Waals surface area contributed by atoms with E-state index in [4.69, 9.17) is 10.4 Å². The maximum absolute atomic E-state index is 11.0. The predicted molar refractivity (Wildman–Crippen MR) is 50.9 cm³/mol. The van der Waals surface area contributed by atoms with Crippen LogP contribution in [0.3, 0.4) is 0 Å². The molecular weight excluding hydrogens is 196 g/mol. The van der Waals surface area contributed by atoms with Crippen molar-refractivity contribution < 1.29 is 9.90 Å². The van der Waals surface area contributed by atoms with Gasteiger partial charge in [0.25, 0.3) is 5.56 Å². The van der Waals surface area contributed by atoms with E-state index in [1.165, 1.54) is 12.3 Å². The Kier molecular flexibility index (Phi) is 3.26. The van der Waals surface area contributed by atoms with E-state index in [0.717, 1.165) is 0 Å². The number of carboxylic acids is 1. The molecule has 0 aliphatic carbocycles. The molecule has 5 nitrogen and oxygen atoms in total. The van der Waals surface area contributed by atoms with Crippen molar-refractivity contribution in [1.29, 1.82) is 5.26 Å². The number of rotatable bonds is 1. The molecule has 0 spiro atoms. The molecule has 0 atom stereocenters. The van der Waals surface area contributed by atoms with E-state index in [1.807, 2.05) is 0 Å². The summed E-state index contributed by atoms with van der Waals surface area (Å²) in [7, 11) is 0. The molecule has 0 fully saturated rings. The number of nitrogens with zero attached hydrogens (tertiary/aromatic N) is 1. The lowest BCUT2D eigenvalue weighted by Gasteiger charge is -1.90. The maximum atomic E-state index is 11.0. The Balaban J connectivity index is 2.97. The highest BCUT2D eigenvalue weighted by Crippen LogP contribution is 1.95. The number of carbonyl (C=O) groups is 1. The highest BCUT2D eigenvalue weighted by molar-refractivity contribution is 5.70. The number of carboxylic acid groups (broad SMARTS) is 1. The van der Waals surface area contributed by atoms with E-state index in [-0.39, 0.29) is 12.0 Å². The molecule has 0 saturated carbocycles. The minimum atomic E-state index is -1.02.